The molecule has 1 aromatic carbocycles. The quantitative estimate of drug-likeness (QED) is 0.862. The second-order valence-electron chi connectivity index (χ2n) is 3.56. The van der Waals surface area contributed by atoms with Gasteiger partial charge in [0.1, 0.15) is 5.82 Å². The number of hydrogen-bond donors (Lipinski definition) is 1. The molecule has 0 aliphatic carbocycles. The minimum Gasteiger partial charge on any atom is -0.384 e. The van der Waals surface area contributed by atoms with Gasteiger partial charge in [0.05, 0.1) is 11.4 Å². The van der Waals surface area contributed by atoms with E-state index >= 15 is 0 Å². The summed E-state index contributed by atoms with van der Waals surface area (Å²) in [5.74, 6) is 0.661. The van der Waals surface area contributed by atoms with Gasteiger partial charge < -0.3 is 5.73 Å². The van der Waals surface area contributed by atoms with Crippen molar-refractivity contribution in [2.45, 2.75) is 13.8 Å². The second-order valence-corrected chi connectivity index (χ2v) is 4.41. The average molecular weight is 266 g/mol. The van der Waals surface area contributed by atoms with Gasteiger partial charge >= 0.3 is 0 Å². The third-order valence-electron chi connectivity index (χ3n) is 2.25. The largest absolute Gasteiger partial charge is 0.384 e. The highest BCUT2D eigenvalue weighted by Crippen LogP contribution is 2.21. The smallest absolute Gasteiger partial charge is 0.127 e. The Kier molecular flexibility index (Phi) is 2.52. The molecule has 2 aromatic rings. The number of nitrogen functional groups attached to an aromatic ring is 1. The first-order chi connectivity index (χ1) is 7.08. The van der Waals surface area contributed by atoms with E-state index in [0.29, 0.717) is 5.82 Å². The predicted molar refractivity (Wildman–Crippen MR) is 65.2 cm³/mol. The zero-order valence-corrected chi connectivity index (χ0v) is 10.2. The van der Waals surface area contributed by atoms with Gasteiger partial charge in [-0.05, 0) is 37.6 Å². The van der Waals surface area contributed by atoms with E-state index in [-0.39, 0.29) is 0 Å². The molecule has 0 bridgehead atoms. The zero-order valence-electron chi connectivity index (χ0n) is 8.66. The van der Waals surface area contributed by atoms with Crippen molar-refractivity contribution in [3.05, 3.63) is 40.0 Å². The summed E-state index contributed by atoms with van der Waals surface area (Å²) < 4.78 is 2.84. The normalized spacial score (nSPS) is 10.6. The molecule has 15 heavy (non-hydrogen) atoms. The highest BCUT2D eigenvalue weighted by atomic mass is 79.9. The summed E-state index contributed by atoms with van der Waals surface area (Å²) in [5.41, 5.74) is 8.93. The fourth-order valence-electron chi connectivity index (χ4n) is 1.49. The summed E-state index contributed by atoms with van der Waals surface area (Å²) in [6, 6.07) is 7.89. The van der Waals surface area contributed by atoms with Gasteiger partial charge in [0.2, 0.25) is 0 Å². The van der Waals surface area contributed by atoms with E-state index in [0.717, 1.165) is 15.9 Å². The van der Waals surface area contributed by atoms with Crippen molar-refractivity contribution in [2.24, 2.45) is 0 Å². The van der Waals surface area contributed by atoms with Gasteiger partial charge in [-0.1, -0.05) is 15.9 Å². The maximum atomic E-state index is 5.85. The summed E-state index contributed by atoms with van der Waals surface area (Å²) in [5, 5.41) is 4.33. The molecule has 0 atom stereocenters. The zero-order chi connectivity index (χ0) is 11.0. The molecule has 0 aliphatic heterocycles. The summed E-state index contributed by atoms with van der Waals surface area (Å²) in [6.45, 7) is 3.97. The molecule has 78 valence electrons. The van der Waals surface area contributed by atoms with Crippen LogP contribution in [0.25, 0.3) is 5.69 Å². The van der Waals surface area contributed by atoms with Crippen LogP contribution in [0.5, 0.6) is 0 Å². The van der Waals surface area contributed by atoms with Gasteiger partial charge in [0.15, 0.2) is 0 Å². The van der Waals surface area contributed by atoms with E-state index in [9.17, 15) is 0 Å². The van der Waals surface area contributed by atoms with Crippen molar-refractivity contribution in [3.8, 4) is 5.69 Å². The van der Waals surface area contributed by atoms with Crippen LogP contribution in [-0.2, 0) is 0 Å². The van der Waals surface area contributed by atoms with E-state index in [1.54, 1.807) is 4.68 Å². The highest BCUT2D eigenvalue weighted by Gasteiger charge is 2.05. The Hall–Kier alpha value is -1.29. The fraction of sp³-hybridized carbons (Fsp3) is 0.182. The molecule has 0 aliphatic rings. The van der Waals surface area contributed by atoms with E-state index in [4.69, 9.17) is 5.73 Å². The Morgan fingerprint density at radius 2 is 2.00 bits per heavy atom. The second kappa shape index (κ2) is 3.70. The van der Waals surface area contributed by atoms with Crippen LogP contribution in [0.1, 0.15) is 11.3 Å². The Morgan fingerprint density at radius 1 is 1.27 bits per heavy atom. The number of halogens is 1. The first kappa shape index (κ1) is 10.2. The average Bonchev–Trinajstić information content (AvgIpc) is 2.50. The van der Waals surface area contributed by atoms with Crippen LogP contribution in [0, 0.1) is 13.8 Å². The van der Waals surface area contributed by atoms with E-state index in [1.165, 1.54) is 5.56 Å². The van der Waals surface area contributed by atoms with Crippen molar-refractivity contribution >= 4 is 21.7 Å². The van der Waals surface area contributed by atoms with Crippen molar-refractivity contribution in [1.82, 2.24) is 9.78 Å². The van der Waals surface area contributed by atoms with Crippen molar-refractivity contribution < 1.29 is 0 Å². The third kappa shape index (κ3) is 1.90. The number of nitrogens with two attached hydrogens (primary N) is 1. The van der Waals surface area contributed by atoms with Crippen molar-refractivity contribution in [1.29, 1.82) is 0 Å². The maximum absolute atomic E-state index is 5.85. The number of hydrogen-bond acceptors (Lipinski definition) is 2. The maximum Gasteiger partial charge on any atom is 0.127 e. The lowest BCUT2D eigenvalue weighted by atomic mass is 10.2. The molecule has 0 unspecified atom stereocenters. The summed E-state index contributed by atoms with van der Waals surface area (Å²) in [6.07, 6.45) is 0. The van der Waals surface area contributed by atoms with Crippen LogP contribution < -0.4 is 5.73 Å². The molecule has 0 radical (unpaired) electrons. The summed E-state index contributed by atoms with van der Waals surface area (Å²) >= 11 is 3.46. The molecule has 2 rings (SSSR count). The Balaban J connectivity index is 2.54. The van der Waals surface area contributed by atoms with Gasteiger partial charge in [-0.15, -0.1) is 0 Å². The SMILES string of the molecule is Cc1cc(N)n(-c2ccc(Br)c(C)c2)n1. The molecule has 1 heterocycles. The number of anilines is 1. The topological polar surface area (TPSA) is 43.8 Å². The molecule has 0 fully saturated rings. The first-order valence-corrected chi connectivity index (χ1v) is 5.46. The number of aryl methyl sites for hydroxylation is 2. The minimum atomic E-state index is 0.661. The van der Waals surface area contributed by atoms with Crippen LogP contribution in [0.2, 0.25) is 0 Å². The van der Waals surface area contributed by atoms with Gasteiger partial charge in [-0.2, -0.15) is 5.10 Å². The number of nitrogens with zero attached hydrogens (tertiary/aromatic N) is 2. The Bertz CT molecular complexity index is 503. The monoisotopic (exact) mass is 265 g/mol. The molecule has 0 saturated carbocycles. The van der Waals surface area contributed by atoms with E-state index < -0.39 is 0 Å². The first-order valence-electron chi connectivity index (χ1n) is 4.66. The Morgan fingerprint density at radius 3 is 2.53 bits per heavy atom. The third-order valence-corrected chi connectivity index (χ3v) is 3.13. The highest BCUT2D eigenvalue weighted by molar-refractivity contribution is 9.10. The number of benzene rings is 1. The lowest BCUT2D eigenvalue weighted by molar-refractivity contribution is 0.870. The van der Waals surface area contributed by atoms with Crippen LogP contribution in [0.4, 0.5) is 5.82 Å². The van der Waals surface area contributed by atoms with Crippen LogP contribution in [-0.4, -0.2) is 9.78 Å². The molecule has 4 heteroatoms. The van der Waals surface area contributed by atoms with Crippen molar-refractivity contribution in [2.75, 3.05) is 5.73 Å². The molecule has 1 aromatic heterocycles. The minimum absolute atomic E-state index is 0.661. The van der Waals surface area contributed by atoms with Crippen molar-refractivity contribution in [3.63, 3.8) is 0 Å². The predicted octanol–water partition coefficient (Wildman–Crippen LogP) is 2.83. The molecule has 0 spiro atoms. The van der Waals surface area contributed by atoms with Gasteiger partial charge in [0, 0.05) is 10.5 Å². The standard InChI is InChI=1S/C11H12BrN3/c1-7-5-9(3-4-10(7)12)15-11(13)6-8(2)14-15/h3-6H,13H2,1-2H3. The van der Waals surface area contributed by atoms with Crippen LogP contribution in [0.15, 0.2) is 28.7 Å². The summed E-state index contributed by atoms with van der Waals surface area (Å²) in [4.78, 5) is 0. The number of rotatable bonds is 1. The van der Waals surface area contributed by atoms with E-state index in [2.05, 4.69) is 21.0 Å². The molecule has 3 nitrogen and oxygen atoms in total. The van der Waals surface area contributed by atoms with Crippen LogP contribution in [0.3, 0.4) is 0 Å². The molecule has 0 amide bonds. The van der Waals surface area contributed by atoms with Gasteiger partial charge in [0.25, 0.3) is 0 Å². The van der Waals surface area contributed by atoms with Gasteiger partial charge in [-0.25, -0.2) is 4.68 Å². The molecule has 0 saturated heterocycles. The lowest BCUT2D eigenvalue weighted by Gasteiger charge is -2.06. The van der Waals surface area contributed by atoms with E-state index in [1.807, 2.05) is 38.1 Å². The fourth-order valence-corrected chi connectivity index (χ4v) is 1.73. The Labute approximate surface area is 97.0 Å². The molecular weight excluding hydrogens is 254 g/mol. The van der Waals surface area contributed by atoms with Crippen LogP contribution >= 0.6 is 15.9 Å². The molecule has 2 N–H and O–H groups in total. The number of aromatic nitrogens is 2. The summed E-state index contributed by atoms with van der Waals surface area (Å²) in [7, 11) is 0. The molecular formula is C11H12BrN3. The lowest BCUT2D eigenvalue weighted by Crippen LogP contribution is -2.01. The van der Waals surface area contributed by atoms with Gasteiger partial charge in [-0.3, -0.25) is 0 Å².